The Balaban J connectivity index is 1.67. The number of hydrogen-bond acceptors (Lipinski definition) is 1. The average molecular weight is 497 g/mol. The molecule has 0 unspecified atom stereocenters. The molecule has 2 aromatic carbocycles. The zero-order chi connectivity index (χ0) is 31.2. The standard InChI is InChI=1S/C31H34N6/c1-19-13-11-14-20(2)28(19)37-25-16-10-9-15-24(25)34(7)30(37)27-18-12-17-26(33(27)6)29-23(5)36-22(4)21(3)32-31(36)35(29)8/h9-18H,1-8H3/q+2/i1D3,3D3. The van der Waals surface area contributed by atoms with E-state index in [9.17, 15) is 0 Å². The van der Waals surface area contributed by atoms with E-state index in [0.29, 0.717) is 17.2 Å². The summed E-state index contributed by atoms with van der Waals surface area (Å²) in [6.07, 6.45) is 0. The van der Waals surface area contributed by atoms with Gasteiger partial charge in [-0.1, -0.05) is 30.3 Å². The molecule has 0 aliphatic carbocycles. The van der Waals surface area contributed by atoms with Gasteiger partial charge in [-0.25, -0.2) is 9.55 Å². The van der Waals surface area contributed by atoms with Gasteiger partial charge in [0.1, 0.15) is 18.4 Å². The Kier molecular flexibility index (Phi) is 3.82. The van der Waals surface area contributed by atoms with Crippen LogP contribution in [-0.2, 0) is 21.1 Å². The van der Waals surface area contributed by atoms with Gasteiger partial charge in [0.2, 0.25) is 11.5 Å². The highest BCUT2D eigenvalue weighted by molar-refractivity contribution is 5.79. The van der Waals surface area contributed by atoms with E-state index in [0.717, 1.165) is 45.2 Å². The third-order valence-corrected chi connectivity index (χ3v) is 7.58. The summed E-state index contributed by atoms with van der Waals surface area (Å²) in [6, 6.07) is 19.5. The van der Waals surface area contributed by atoms with Crippen LogP contribution in [0.3, 0.4) is 0 Å². The van der Waals surface area contributed by atoms with E-state index < -0.39 is 13.7 Å². The molecule has 0 atom stereocenters. The normalized spacial score (nSPS) is 14.9. The van der Waals surface area contributed by atoms with Gasteiger partial charge >= 0.3 is 5.82 Å². The van der Waals surface area contributed by atoms with Crippen molar-refractivity contribution in [1.82, 2.24) is 18.5 Å². The highest BCUT2D eigenvalue weighted by atomic mass is 15.2. The molecule has 0 saturated heterocycles. The van der Waals surface area contributed by atoms with Crippen LogP contribution in [-0.4, -0.2) is 18.5 Å². The largest absolute Gasteiger partial charge is 0.360 e. The average Bonchev–Trinajstić information content (AvgIpc) is 3.52. The van der Waals surface area contributed by atoms with Crippen LogP contribution in [0.2, 0.25) is 0 Å². The Morgan fingerprint density at radius 1 is 0.784 bits per heavy atom. The number of aryl methyl sites for hydroxylation is 7. The summed E-state index contributed by atoms with van der Waals surface area (Å²) in [5.41, 5.74) is 7.88. The van der Waals surface area contributed by atoms with Crippen LogP contribution < -0.4 is 9.13 Å². The summed E-state index contributed by atoms with van der Waals surface area (Å²) in [5.74, 6) is 1.38. The zero-order valence-electron chi connectivity index (χ0n) is 28.0. The van der Waals surface area contributed by atoms with Crippen LogP contribution >= 0.6 is 0 Å². The fourth-order valence-electron chi connectivity index (χ4n) is 5.75. The summed E-state index contributed by atoms with van der Waals surface area (Å²) in [7, 11) is 5.88. The topological polar surface area (TPSA) is 34.9 Å². The lowest BCUT2D eigenvalue weighted by Gasteiger charge is -2.10. The van der Waals surface area contributed by atoms with Crippen LogP contribution in [0.25, 0.3) is 45.4 Å². The van der Waals surface area contributed by atoms with Gasteiger partial charge in [-0.05, 0) is 63.8 Å². The number of para-hydroxylation sites is 3. The van der Waals surface area contributed by atoms with Crippen molar-refractivity contribution in [3.8, 4) is 28.6 Å². The Hall–Kier alpha value is -4.19. The molecule has 0 saturated carbocycles. The maximum atomic E-state index is 8.36. The highest BCUT2D eigenvalue weighted by Gasteiger charge is 2.34. The summed E-state index contributed by atoms with van der Waals surface area (Å²) in [5, 5.41) is 0. The number of nitrogens with zero attached hydrogens (tertiary/aromatic N) is 6. The monoisotopic (exact) mass is 496 g/mol. The molecule has 0 radical (unpaired) electrons. The second-order valence-corrected chi connectivity index (χ2v) is 9.71. The van der Waals surface area contributed by atoms with E-state index in [2.05, 4.69) is 18.7 Å². The number of imidazole rings is 3. The molecule has 6 heteroatoms. The van der Waals surface area contributed by atoms with Crippen molar-refractivity contribution in [3.63, 3.8) is 0 Å². The summed E-state index contributed by atoms with van der Waals surface area (Å²) in [6.45, 7) is 1.09. The van der Waals surface area contributed by atoms with E-state index in [1.165, 1.54) is 0 Å². The van der Waals surface area contributed by atoms with Gasteiger partial charge in [-0.3, -0.25) is 4.40 Å². The van der Waals surface area contributed by atoms with E-state index in [4.69, 9.17) is 8.22 Å². The van der Waals surface area contributed by atoms with Crippen LogP contribution in [0, 0.1) is 34.5 Å². The first kappa shape index (κ1) is 17.3. The van der Waals surface area contributed by atoms with Gasteiger partial charge in [0.25, 0.3) is 5.69 Å². The molecule has 6 rings (SSSR count). The highest BCUT2D eigenvalue weighted by Crippen LogP contribution is 2.31. The lowest BCUT2D eigenvalue weighted by molar-refractivity contribution is -0.673. The van der Waals surface area contributed by atoms with Crippen molar-refractivity contribution in [1.29, 1.82) is 0 Å². The van der Waals surface area contributed by atoms with Crippen LogP contribution in [0.1, 0.15) is 36.4 Å². The Morgan fingerprint density at radius 2 is 1.51 bits per heavy atom. The molecule has 186 valence electrons. The molecule has 4 aromatic heterocycles. The number of pyridine rings is 1. The van der Waals surface area contributed by atoms with E-state index >= 15 is 0 Å². The molecule has 37 heavy (non-hydrogen) atoms. The smallest absolute Gasteiger partial charge is 0.308 e. The van der Waals surface area contributed by atoms with Gasteiger partial charge in [0.05, 0.1) is 18.4 Å². The molecule has 4 heterocycles. The lowest BCUT2D eigenvalue weighted by Crippen LogP contribution is -2.40. The predicted octanol–water partition coefficient (Wildman–Crippen LogP) is 5.14. The molecule has 0 fully saturated rings. The molecule has 0 spiro atoms. The van der Waals surface area contributed by atoms with Crippen LogP contribution in [0.4, 0.5) is 0 Å². The fourth-order valence-corrected chi connectivity index (χ4v) is 5.75. The maximum Gasteiger partial charge on any atom is 0.360 e. The molecule has 6 aromatic rings. The van der Waals surface area contributed by atoms with Gasteiger partial charge < -0.3 is 4.57 Å². The molecular formula is C31H34N6+2. The second kappa shape index (κ2) is 8.17. The predicted molar refractivity (Wildman–Crippen MR) is 148 cm³/mol. The number of benzene rings is 2. The second-order valence-electron chi connectivity index (χ2n) is 9.71. The number of hydrogen-bond donors (Lipinski definition) is 0. The number of aromatic nitrogens is 6. The fraction of sp³-hybridized carbons (Fsp3) is 0.258. The Labute approximate surface area is 226 Å². The zero-order valence-corrected chi connectivity index (χ0v) is 22.0. The van der Waals surface area contributed by atoms with Crippen LogP contribution in [0.5, 0.6) is 0 Å². The van der Waals surface area contributed by atoms with Gasteiger partial charge in [0.15, 0.2) is 11.0 Å². The molecular weight excluding hydrogens is 456 g/mol. The first-order chi connectivity index (χ1) is 20.1. The third-order valence-electron chi connectivity index (χ3n) is 7.58. The summed E-state index contributed by atoms with van der Waals surface area (Å²) >= 11 is 0. The van der Waals surface area contributed by atoms with Gasteiger partial charge in [-0.2, -0.15) is 9.13 Å². The quantitative estimate of drug-likeness (QED) is 0.313. The molecule has 0 bridgehead atoms. The van der Waals surface area contributed by atoms with Crippen molar-refractivity contribution in [2.45, 2.75) is 34.5 Å². The van der Waals surface area contributed by atoms with Crippen LogP contribution in [0.15, 0.2) is 60.7 Å². The molecule has 0 N–H and O–H groups in total. The minimum absolute atomic E-state index is 0.103. The maximum absolute atomic E-state index is 8.36. The van der Waals surface area contributed by atoms with Crippen molar-refractivity contribution in [2.75, 3.05) is 0 Å². The summed E-state index contributed by atoms with van der Waals surface area (Å²) in [4.78, 5) is 4.53. The lowest BCUT2D eigenvalue weighted by atomic mass is 10.1. The number of rotatable bonds is 3. The van der Waals surface area contributed by atoms with E-state index in [1.54, 1.807) is 19.1 Å². The first-order valence-electron chi connectivity index (χ1n) is 15.3. The van der Waals surface area contributed by atoms with E-state index in [1.807, 2.05) is 92.5 Å². The number of fused-ring (bicyclic) bond motifs is 2. The molecule has 0 amide bonds. The minimum atomic E-state index is -2.31. The van der Waals surface area contributed by atoms with Crippen molar-refractivity contribution in [3.05, 3.63) is 88.9 Å². The third kappa shape index (κ3) is 3.14. The first-order valence-corrected chi connectivity index (χ1v) is 12.3. The van der Waals surface area contributed by atoms with Crippen molar-refractivity contribution >= 4 is 16.8 Å². The van der Waals surface area contributed by atoms with E-state index in [-0.39, 0.29) is 11.3 Å². The van der Waals surface area contributed by atoms with Gasteiger partial charge in [-0.15, -0.1) is 0 Å². The van der Waals surface area contributed by atoms with Gasteiger partial charge in [0, 0.05) is 33.1 Å². The van der Waals surface area contributed by atoms with Crippen molar-refractivity contribution < 1.29 is 17.4 Å². The summed E-state index contributed by atoms with van der Waals surface area (Å²) < 4.78 is 58.9. The minimum Gasteiger partial charge on any atom is -0.308 e. The van der Waals surface area contributed by atoms with Crippen molar-refractivity contribution in [2.24, 2.45) is 21.1 Å². The SMILES string of the molecule is [2H]C([2H])([2H])c1cccc(C)c1-n1c(-c2cccc(-c3c(C)n4c(C)c(C([2H])([2H])[2H])nc4n3C)[n+]2C)[n+](C)c2ccccc21. The molecule has 6 nitrogen and oxygen atoms in total. The Bertz CT molecular complexity index is 2070. The molecule has 0 aliphatic rings. The molecule has 0 aliphatic heterocycles. The Morgan fingerprint density at radius 3 is 2.27 bits per heavy atom.